The van der Waals surface area contributed by atoms with E-state index in [1.165, 1.54) is 5.70 Å². The smallest absolute Gasteiger partial charge is 0.0468 e. The maximum atomic E-state index is 7.95. The fourth-order valence-corrected chi connectivity index (χ4v) is 2.61. The summed E-state index contributed by atoms with van der Waals surface area (Å²) in [6.07, 6.45) is 13.8. The standard InChI is InChI=1S/C17H27N3O/c1-20-10-3-2-7-17(20)14-19-13-16(18)6-4-5-15-8-11-21-12-9-15/h2-4,6-7,15,18-19H,5,8-14H2,1H3/b6-4-,18-16?. The van der Waals surface area contributed by atoms with Crippen LogP contribution in [-0.2, 0) is 4.74 Å². The lowest BCUT2D eigenvalue weighted by molar-refractivity contribution is 0.0673. The van der Waals surface area contributed by atoms with Gasteiger partial charge in [-0.1, -0.05) is 18.2 Å². The molecule has 2 rings (SSSR count). The summed E-state index contributed by atoms with van der Waals surface area (Å²) >= 11 is 0. The molecule has 0 aromatic rings. The third-order valence-corrected chi connectivity index (χ3v) is 4.05. The maximum absolute atomic E-state index is 7.95. The Morgan fingerprint density at radius 1 is 1.48 bits per heavy atom. The predicted molar refractivity (Wildman–Crippen MR) is 87.7 cm³/mol. The first-order valence-electron chi connectivity index (χ1n) is 7.85. The number of ether oxygens (including phenoxy) is 1. The van der Waals surface area contributed by atoms with Gasteiger partial charge in [0.25, 0.3) is 0 Å². The molecule has 0 atom stereocenters. The van der Waals surface area contributed by atoms with Gasteiger partial charge in [-0.25, -0.2) is 0 Å². The van der Waals surface area contributed by atoms with Crippen LogP contribution in [0, 0.1) is 11.3 Å². The van der Waals surface area contributed by atoms with Crippen molar-refractivity contribution in [1.29, 1.82) is 5.41 Å². The quantitative estimate of drug-likeness (QED) is 0.707. The molecule has 2 aliphatic heterocycles. The topological polar surface area (TPSA) is 48.4 Å². The van der Waals surface area contributed by atoms with Crippen molar-refractivity contribution in [3.05, 3.63) is 36.1 Å². The summed E-state index contributed by atoms with van der Waals surface area (Å²) in [7, 11) is 2.09. The number of allylic oxidation sites excluding steroid dienone is 3. The highest BCUT2D eigenvalue weighted by atomic mass is 16.5. The Kier molecular flexibility index (Phi) is 6.70. The van der Waals surface area contributed by atoms with Crippen molar-refractivity contribution in [2.75, 3.05) is 39.9 Å². The highest BCUT2D eigenvalue weighted by Crippen LogP contribution is 2.18. The fourth-order valence-electron chi connectivity index (χ4n) is 2.61. The van der Waals surface area contributed by atoms with Crippen LogP contribution in [0.4, 0.5) is 0 Å². The first-order chi connectivity index (χ1) is 10.3. The summed E-state index contributed by atoms with van der Waals surface area (Å²) in [5.74, 6) is 0.739. The number of rotatable bonds is 7. The molecule has 21 heavy (non-hydrogen) atoms. The average molecular weight is 289 g/mol. The van der Waals surface area contributed by atoms with Crippen LogP contribution in [0.1, 0.15) is 19.3 Å². The molecule has 0 saturated carbocycles. The molecule has 0 bridgehead atoms. The highest BCUT2D eigenvalue weighted by Gasteiger charge is 2.11. The van der Waals surface area contributed by atoms with E-state index >= 15 is 0 Å². The lowest BCUT2D eigenvalue weighted by Crippen LogP contribution is -2.31. The Bertz CT molecular complexity index is 420. The molecule has 0 aromatic carbocycles. The molecular formula is C17H27N3O. The lowest BCUT2D eigenvalue weighted by atomic mass is 9.96. The molecule has 4 nitrogen and oxygen atoms in total. The summed E-state index contributed by atoms with van der Waals surface area (Å²) in [6.45, 7) is 4.20. The molecular weight excluding hydrogens is 262 g/mol. The molecule has 0 aliphatic carbocycles. The van der Waals surface area contributed by atoms with E-state index in [9.17, 15) is 0 Å². The van der Waals surface area contributed by atoms with E-state index in [4.69, 9.17) is 10.1 Å². The van der Waals surface area contributed by atoms with Gasteiger partial charge in [-0.05, 0) is 37.3 Å². The molecule has 0 unspecified atom stereocenters. The molecule has 0 radical (unpaired) electrons. The molecule has 2 aliphatic rings. The minimum Gasteiger partial charge on any atom is -0.381 e. The molecule has 116 valence electrons. The Morgan fingerprint density at radius 3 is 3.05 bits per heavy atom. The molecule has 0 aromatic heterocycles. The zero-order valence-electron chi connectivity index (χ0n) is 13.0. The third kappa shape index (κ3) is 5.86. The monoisotopic (exact) mass is 289 g/mol. The largest absolute Gasteiger partial charge is 0.381 e. The third-order valence-electron chi connectivity index (χ3n) is 4.05. The number of hydrogen-bond donors (Lipinski definition) is 2. The van der Waals surface area contributed by atoms with Crippen molar-refractivity contribution >= 4 is 5.71 Å². The molecule has 0 spiro atoms. The van der Waals surface area contributed by atoms with Crippen LogP contribution >= 0.6 is 0 Å². The number of likely N-dealkylation sites (N-methyl/N-ethyl adjacent to an activating group) is 1. The van der Waals surface area contributed by atoms with Gasteiger partial charge in [0.1, 0.15) is 0 Å². The average Bonchev–Trinajstić information content (AvgIpc) is 2.50. The zero-order valence-corrected chi connectivity index (χ0v) is 13.0. The van der Waals surface area contributed by atoms with Gasteiger partial charge in [0.2, 0.25) is 0 Å². The second-order valence-corrected chi connectivity index (χ2v) is 5.79. The summed E-state index contributed by atoms with van der Waals surface area (Å²) in [6, 6.07) is 0. The van der Waals surface area contributed by atoms with Gasteiger partial charge >= 0.3 is 0 Å². The van der Waals surface area contributed by atoms with Gasteiger partial charge < -0.3 is 20.4 Å². The van der Waals surface area contributed by atoms with E-state index in [1.54, 1.807) is 0 Å². The van der Waals surface area contributed by atoms with Crippen LogP contribution in [0.15, 0.2) is 36.1 Å². The summed E-state index contributed by atoms with van der Waals surface area (Å²) in [4.78, 5) is 2.22. The summed E-state index contributed by atoms with van der Waals surface area (Å²) < 4.78 is 5.36. The summed E-state index contributed by atoms with van der Waals surface area (Å²) in [5.41, 5.74) is 1.92. The van der Waals surface area contributed by atoms with Gasteiger partial charge in [0.05, 0.1) is 0 Å². The van der Waals surface area contributed by atoms with E-state index in [-0.39, 0.29) is 0 Å². The van der Waals surface area contributed by atoms with Crippen LogP contribution in [0.2, 0.25) is 0 Å². The Morgan fingerprint density at radius 2 is 2.29 bits per heavy atom. The van der Waals surface area contributed by atoms with E-state index in [0.29, 0.717) is 12.3 Å². The minimum absolute atomic E-state index is 0.624. The van der Waals surface area contributed by atoms with Crippen LogP contribution in [0.5, 0.6) is 0 Å². The number of nitrogens with one attached hydrogen (secondary N) is 2. The number of nitrogens with zero attached hydrogens (tertiary/aromatic N) is 1. The van der Waals surface area contributed by atoms with Gasteiger partial charge in [-0.3, -0.25) is 0 Å². The highest BCUT2D eigenvalue weighted by molar-refractivity contribution is 5.93. The Hall–Kier alpha value is -1.39. The van der Waals surface area contributed by atoms with Crippen LogP contribution in [-0.4, -0.2) is 50.5 Å². The number of hydrogen-bond acceptors (Lipinski definition) is 4. The van der Waals surface area contributed by atoms with Crippen molar-refractivity contribution in [2.24, 2.45) is 5.92 Å². The van der Waals surface area contributed by atoms with Crippen molar-refractivity contribution in [1.82, 2.24) is 10.2 Å². The van der Waals surface area contributed by atoms with Crippen LogP contribution in [0.3, 0.4) is 0 Å². The Labute approximate surface area is 128 Å². The van der Waals surface area contributed by atoms with Gasteiger partial charge in [0, 0.05) is 51.3 Å². The zero-order chi connectivity index (χ0) is 14.9. The van der Waals surface area contributed by atoms with Crippen LogP contribution < -0.4 is 5.32 Å². The molecule has 2 heterocycles. The second-order valence-electron chi connectivity index (χ2n) is 5.79. The predicted octanol–water partition coefficient (Wildman–Crippen LogP) is 2.35. The summed E-state index contributed by atoms with van der Waals surface area (Å²) in [5, 5.41) is 11.3. The molecule has 1 saturated heterocycles. The van der Waals surface area contributed by atoms with Gasteiger partial charge in [-0.15, -0.1) is 0 Å². The van der Waals surface area contributed by atoms with Gasteiger partial charge in [-0.2, -0.15) is 0 Å². The van der Waals surface area contributed by atoms with E-state index in [1.807, 2.05) is 6.08 Å². The van der Waals surface area contributed by atoms with Crippen LogP contribution in [0.25, 0.3) is 0 Å². The van der Waals surface area contributed by atoms with Gasteiger partial charge in [0.15, 0.2) is 0 Å². The fraction of sp³-hybridized carbons (Fsp3) is 0.588. The maximum Gasteiger partial charge on any atom is 0.0468 e. The van der Waals surface area contributed by atoms with E-state index < -0.39 is 0 Å². The van der Waals surface area contributed by atoms with Crippen molar-refractivity contribution in [3.63, 3.8) is 0 Å². The van der Waals surface area contributed by atoms with Crippen molar-refractivity contribution < 1.29 is 4.74 Å². The van der Waals surface area contributed by atoms with Crippen molar-refractivity contribution in [2.45, 2.75) is 19.3 Å². The molecule has 1 fully saturated rings. The molecule has 4 heteroatoms. The first-order valence-corrected chi connectivity index (χ1v) is 7.85. The Balaban J connectivity index is 1.60. The van der Waals surface area contributed by atoms with E-state index in [0.717, 1.165) is 51.5 Å². The van der Waals surface area contributed by atoms with Crippen molar-refractivity contribution in [3.8, 4) is 0 Å². The SMILES string of the molecule is CN1CC=CC=C1CNCC(=N)/C=C\CC1CCOCC1. The minimum atomic E-state index is 0.624. The normalized spacial score (nSPS) is 20.0. The molecule has 0 amide bonds. The van der Waals surface area contributed by atoms with E-state index in [2.05, 4.69) is 41.6 Å². The lowest BCUT2D eigenvalue weighted by Gasteiger charge is -2.23. The molecule has 2 N–H and O–H groups in total. The second kappa shape index (κ2) is 8.80. The first kappa shape index (κ1) is 16.0.